The largest absolute Gasteiger partial charge is 0.459 e. The maximum absolute atomic E-state index is 12.7. The third-order valence-corrected chi connectivity index (χ3v) is 8.87. The number of anilines is 2. The molecule has 0 spiro atoms. The van der Waals surface area contributed by atoms with E-state index in [4.69, 9.17) is 14.5 Å². The second-order valence-corrected chi connectivity index (χ2v) is 11.9. The van der Waals surface area contributed by atoms with E-state index in [-0.39, 0.29) is 24.6 Å². The zero-order valence-corrected chi connectivity index (χ0v) is 24.7. The van der Waals surface area contributed by atoms with Crippen LogP contribution >= 0.6 is 23.3 Å². The Morgan fingerprint density at radius 3 is 2.62 bits per heavy atom. The number of esters is 1. The summed E-state index contributed by atoms with van der Waals surface area (Å²) in [7, 11) is 0. The summed E-state index contributed by atoms with van der Waals surface area (Å²) in [6.45, 7) is 3.77. The Balaban J connectivity index is 1.19. The van der Waals surface area contributed by atoms with E-state index in [1.165, 1.54) is 23.3 Å². The maximum atomic E-state index is 12.7. The Labute approximate surface area is 251 Å². The monoisotopic (exact) mass is 603 g/mol. The molecule has 216 valence electrons. The Hall–Kier alpha value is -4.10. The topological polar surface area (TPSA) is 132 Å². The maximum Gasteiger partial charge on any atom is 0.397 e. The number of ether oxygens (including phenoxy) is 2. The van der Waals surface area contributed by atoms with Gasteiger partial charge in [-0.15, -0.1) is 0 Å². The number of carbonyl (C=O) groups excluding carboxylic acids is 2. The minimum absolute atomic E-state index is 0.0147. The smallest absolute Gasteiger partial charge is 0.397 e. The van der Waals surface area contributed by atoms with Crippen LogP contribution in [0.2, 0.25) is 0 Å². The number of pyridine rings is 3. The van der Waals surface area contributed by atoms with Crippen molar-refractivity contribution in [1.82, 2.24) is 29.2 Å². The number of aryl methyl sites for hydroxylation is 1. The van der Waals surface area contributed by atoms with Gasteiger partial charge in [-0.05, 0) is 63.8 Å². The molecule has 6 heterocycles. The van der Waals surface area contributed by atoms with Gasteiger partial charge in [0.1, 0.15) is 16.6 Å². The fraction of sp³-hybridized carbons (Fsp3) is 0.345. The number of amides is 1. The molecule has 1 N–H and O–H groups in total. The number of rotatable bonds is 8. The number of nitrogens with zero attached hydrogens (tertiary/aromatic N) is 6. The van der Waals surface area contributed by atoms with Crippen LogP contribution in [-0.2, 0) is 14.3 Å². The van der Waals surface area contributed by atoms with Gasteiger partial charge >= 0.3 is 11.9 Å². The molecule has 42 heavy (non-hydrogen) atoms. The molecule has 0 aliphatic carbocycles. The van der Waals surface area contributed by atoms with Crippen molar-refractivity contribution in [1.29, 1.82) is 0 Å². The van der Waals surface area contributed by atoms with Gasteiger partial charge in [-0.2, -0.15) is 4.37 Å². The molecule has 11 nitrogen and oxygen atoms in total. The molecule has 2 atom stereocenters. The molecule has 2 saturated heterocycles. The SMILES string of the molecule is CCOC(=O)C(=O)N1C2CCC1CC(c1nsc(Nc3ncc(Sc4ccccn4)cc3Oc3cccnc3C)n1)C2. The first-order valence-electron chi connectivity index (χ1n) is 13.8. The van der Waals surface area contributed by atoms with E-state index in [9.17, 15) is 9.59 Å². The predicted molar refractivity (Wildman–Crippen MR) is 157 cm³/mol. The molecule has 0 radical (unpaired) electrons. The summed E-state index contributed by atoms with van der Waals surface area (Å²) < 4.78 is 15.9. The Kier molecular flexibility index (Phi) is 8.29. The van der Waals surface area contributed by atoms with Crippen molar-refractivity contribution in [2.45, 2.75) is 67.5 Å². The quantitative estimate of drug-likeness (QED) is 0.202. The molecule has 0 saturated carbocycles. The van der Waals surface area contributed by atoms with Gasteiger partial charge in [0.05, 0.1) is 12.3 Å². The molecule has 6 rings (SSSR count). The lowest BCUT2D eigenvalue weighted by Gasteiger charge is -2.37. The third-order valence-electron chi connectivity index (χ3n) is 7.32. The lowest BCUT2D eigenvalue weighted by Crippen LogP contribution is -2.49. The van der Waals surface area contributed by atoms with Crippen LogP contribution in [0.4, 0.5) is 10.9 Å². The van der Waals surface area contributed by atoms with E-state index in [0.717, 1.165) is 34.3 Å². The summed E-state index contributed by atoms with van der Waals surface area (Å²) in [5.74, 6) is 1.16. The number of piperidine rings is 1. The summed E-state index contributed by atoms with van der Waals surface area (Å²) in [6, 6.07) is 11.3. The zero-order chi connectivity index (χ0) is 29.1. The van der Waals surface area contributed by atoms with Crippen LogP contribution in [-0.4, -0.2) is 59.8 Å². The lowest BCUT2D eigenvalue weighted by atomic mass is 9.90. The van der Waals surface area contributed by atoms with Crippen molar-refractivity contribution in [3.05, 3.63) is 66.5 Å². The Morgan fingerprint density at radius 1 is 1.07 bits per heavy atom. The molecule has 0 aromatic carbocycles. The van der Waals surface area contributed by atoms with Crippen LogP contribution in [0.1, 0.15) is 50.0 Å². The summed E-state index contributed by atoms with van der Waals surface area (Å²) >= 11 is 2.74. The number of aromatic nitrogens is 5. The van der Waals surface area contributed by atoms with E-state index in [1.807, 2.05) is 43.3 Å². The van der Waals surface area contributed by atoms with Crippen molar-refractivity contribution in [3.8, 4) is 11.5 Å². The standard InChI is InChI=1S/C29H29N7O4S2/c1-3-39-28(38)27(37)36-19-9-10-20(36)14-18(13-19)25-33-29(42-35-25)34-26-23(40-22-7-6-12-30-17(22)2)15-21(16-32-26)41-24-8-4-5-11-31-24/h4-8,11-12,15-16,18-20H,3,9-10,13-14H2,1-2H3,(H,32,33,34,35). The Bertz CT molecular complexity index is 1570. The second-order valence-electron chi connectivity index (χ2n) is 10.0. The van der Waals surface area contributed by atoms with E-state index >= 15 is 0 Å². The van der Waals surface area contributed by atoms with Crippen LogP contribution in [0.15, 0.2) is 64.9 Å². The molecule has 2 aliphatic heterocycles. The van der Waals surface area contributed by atoms with Crippen molar-refractivity contribution < 1.29 is 19.1 Å². The van der Waals surface area contributed by atoms with Gasteiger partial charge in [0.15, 0.2) is 11.6 Å². The first-order valence-corrected chi connectivity index (χ1v) is 15.4. The minimum atomic E-state index is -0.775. The van der Waals surface area contributed by atoms with E-state index in [1.54, 1.807) is 30.4 Å². The number of carbonyl (C=O) groups is 2. The summed E-state index contributed by atoms with van der Waals surface area (Å²) in [6.07, 6.45) is 8.39. The molecule has 1 amide bonds. The molecule has 2 fully saturated rings. The van der Waals surface area contributed by atoms with E-state index < -0.39 is 11.9 Å². The number of hydrogen-bond acceptors (Lipinski definition) is 12. The molecule has 13 heteroatoms. The highest BCUT2D eigenvalue weighted by Crippen LogP contribution is 2.43. The van der Waals surface area contributed by atoms with Crippen molar-refractivity contribution in [2.24, 2.45) is 0 Å². The average Bonchev–Trinajstić information content (AvgIpc) is 3.57. The van der Waals surface area contributed by atoms with E-state index in [0.29, 0.717) is 35.3 Å². The predicted octanol–water partition coefficient (Wildman–Crippen LogP) is 5.52. The highest BCUT2D eigenvalue weighted by molar-refractivity contribution is 7.99. The molecule has 4 aromatic heterocycles. The highest BCUT2D eigenvalue weighted by Gasteiger charge is 2.46. The van der Waals surface area contributed by atoms with Gasteiger partial charge in [0.2, 0.25) is 5.13 Å². The number of hydrogen-bond donors (Lipinski definition) is 1. The van der Waals surface area contributed by atoms with Crippen molar-refractivity contribution in [3.63, 3.8) is 0 Å². The molecular weight excluding hydrogens is 574 g/mol. The minimum Gasteiger partial charge on any atom is -0.459 e. The van der Waals surface area contributed by atoms with Gasteiger partial charge in [0.25, 0.3) is 0 Å². The lowest BCUT2D eigenvalue weighted by molar-refractivity contribution is -0.162. The number of fused-ring (bicyclic) bond motifs is 2. The van der Waals surface area contributed by atoms with Crippen LogP contribution in [0.5, 0.6) is 11.5 Å². The van der Waals surface area contributed by atoms with Gasteiger partial charge in [-0.25, -0.2) is 19.7 Å². The molecule has 2 bridgehead atoms. The molecule has 4 aromatic rings. The van der Waals surface area contributed by atoms with Gasteiger partial charge < -0.3 is 19.7 Å². The normalized spacial score (nSPS) is 19.4. The van der Waals surface area contributed by atoms with E-state index in [2.05, 4.69) is 24.6 Å². The van der Waals surface area contributed by atoms with Crippen LogP contribution in [0.3, 0.4) is 0 Å². The zero-order valence-electron chi connectivity index (χ0n) is 23.1. The third kappa shape index (κ3) is 6.07. The summed E-state index contributed by atoms with van der Waals surface area (Å²) in [5.41, 5.74) is 0.756. The summed E-state index contributed by atoms with van der Waals surface area (Å²) in [4.78, 5) is 45.6. The fourth-order valence-corrected chi connectivity index (χ4v) is 6.87. The summed E-state index contributed by atoms with van der Waals surface area (Å²) in [5, 5.41) is 4.73. The fourth-order valence-electron chi connectivity index (χ4n) is 5.45. The Morgan fingerprint density at radius 2 is 1.88 bits per heavy atom. The van der Waals surface area contributed by atoms with Gasteiger partial charge in [-0.3, -0.25) is 9.78 Å². The molecular formula is C29H29N7O4S2. The first-order chi connectivity index (χ1) is 20.5. The average molecular weight is 604 g/mol. The molecule has 2 aliphatic rings. The number of nitrogens with one attached hydrogen (secondary N) is 1. The van der Waals surface area contributed by atoms with Crippen molar-refractivity contribution >= 4 is 46.1 Å². The van der Waals surface area contributed by atoms with Gasteiger partial charge in [-0.1, -0.05) is 17.8 Å². The first kappa shape index (κ1) is 28.0. The second kappa shape index (κ2) is 12.4. The van der Waals surface area contributed by atoms with Crippen molar-refractivity contribution in [2.75, 3.05) is 11.9 Å². The van der Waals surface area contributed by atoms with Crippen LogP contribution < -0.4 is 10.1 Å². The molecule has 2 unspecified atom stereocenters. The van der Waals surface area contributed by atoms with Gasteiger partial charge in [0, 0.05) is 59.1 Å². The van der Waals surface area contributed by atoms with Crippen LogP contribution in [0, 0.1) is 6.92 Å². The van der Waals surface area contributed by atoms with Crippen LogP contribution in [0.25, 0.3) is 0 Å². The highest BCUT2D eigenvalue weighted by atomic mass is 32.2.